The van der Waals surface area contributed by atoms with Crippen molar-refractivity contribution in [1.29, 1.82) is 0 Å². The van der Waals surface area contributed by atoms with Gasteiger partial charge in [0.1, 0.15) is 0 Å². The summed E-state index contributed by atoms with van der Waals surface area (Å²) in [4.78, 5) is 0. The van der Waals surface area contributed by atoms with Gasteiger partial charge >= 0.3 is 0 Å². The van der Waals surface area contributed by atoms with Crippen LogP contribution < -0.4 is 5.32 Å². The standard InChI is InChI=1S/C19H35NO/c1-15(2)20-14-17-7-3-4-8-18(17)16-9-12-21-19(13-16)10-5-6-11-19/h15-18,20H,3-14H2,1-2H3. The molecule has 122 valence electrons. The van der Waals surface area contributed by atoms with Gasteiger partial charge in [-0.3, -0.25) is 0 Å². The molecule has 0 bridgehead atoms. The molecule has 1 spiro atoms. The van der Waals surface area contributed by atoms with Crippen LogP contribution in [0.5, 0.6) is 0 Å². The first kappa shape index (κ1) is 15.8. The van der Waals surface area contributed by atoms with Gasteiger partial charge in [0.05, 0.1) is 5.60 Å². The number of nitrogens with one attached hydrogen (secondary N) is 1. The lowest BCUT2D eigenvalue weighted by Crippen LogP contribution is -2.43. The lowest BCUT2D eigenvalue weighted by Gasteiger charge is -2.45. The molecule has 3 fully saturated rings. The second-order valence-corrected chi connectivity index (χ2v) is 8.26. The van der Waals surface area contributed by atoms with E-state index in [1.165, 1.54) is 70.8 Å². The van der Waals surface area contributed by atoms with Crippen LogP contribution in [0.15, 0.2) is 0 Å². The van der Waals surface area contributed by atoms with Gasteiger partial charge in [0, 0.05) is 12.6 Å². The van der Waals surface area contributed by atoms with Crippen LogP contribution in [0, 0.1) is 17.8 Å². The average Bonchev–Trinajstić information content (AvgIpc) is 2.93. The molecule has 3 aliphatic rings. The monoisotopic (exact) mass is 293 g/mol. The Labute approximate surface area is 131 Å². The molecular weight excluding hydrogens is 258 g/mol. The van der Waals surface area contributed by atoms with Crippen molar-refractivity contribution in [2.75, 3.05) is 13.2 Å². The second-order valence-electron chi connectivity index (χ2n) is 8.26. The maximum Gasteiger partial charge on any atom is 0.0685 e. The molecule has 0 radical (unpaired) electrons. The average molecular weight is 293 g/mol. The lowest BCUT2D eigenvalue weighted by molar-refractivity contribution is -0.108. The van der Waals surface area contributed by atoms with E-state index in [1.807, 2.05) is 0 Å². The fourth-order valence-electron chi connectivity index (χ4n) is 5.30. The van der Waals surface area contributed by atoms with Gasteiger partial charge in [-0.15, -0.1) is 0 Å². The molecule has 3 unspecified atom stereocenters. The van der Waals surface area contributed by atoms with E-state index in [-0.39, 0.29) is 0 Å². The van der Waals surface area contributed by atoms with Crippen LogP contribution in [0.1, 0.15) is 78.1 Å². The van der Waals surface area contributed by atoms with Gasteiger partial charge in [-0.05, 0) is 62.8 Å². The second kappa shape index (κ2) is 7.00. The lowest BCUT2D eigenvalue weighted by atomic mass is 9.67. The summed E-state index contributed by atoms with van der Waals surface area (Å²) >= 11 is 0. The molecule has 2 nitrogen and oxygen atoms in total. The molecule has 21 heavy (non-hydrogen) atoms. The number of ether oxygens (including phenoxy) is 1. The Bertz CT molecular complexity index is 322. The molecule has 1 heterocycles. The predicted molar refractivity (Wildman–Crippen MR) is 88.5 cm³/mol. The Morgan fingerprint density at radius 1 is 1.05 bits per heavy atom. The summed E-state index contributed by atoms with van der Waals surface area (Å²) in [6.45, 7) is 6.83. The van der Waals surface area contributed by atoms with Crippen molar-refractivity contribution in [1.82, 2.24) is 5.32 Å². The van der Waals surface area contributed by atoms with E-state index in [2.05, 4.69) is 19.2 Å². The van der Waals surface area contributed by atoms with Crippen molar-refractivity contribution in [2.45, 2.75) is 89.7 Å². The maximum absolute atomic E-state index is 6.27. The van der Waals surface area contributed by atoms with Gasteiger partial charge in [-0.2, -0.15) is 0 Å². The van der Waals surface area contributed by atoms with Crippen molar-refractivity contribution in [3.05, 3.63) is 0 Å². The molecule has 0 aromatic carbocycles. The van der Waals surface area contributed by atoms with Gasteiger partial charge in [-0.1, -0.05) is 39.5 Å². The largest absolute Gasteiger partial charge is 0.375 e. The summed E-state index contributed by atoms with van der Waals surface area (Å²) in [7, 11) is 0. The van der Waals surface area contributed by atoms with Crippen LogP contribution in [0.4, 0.5) is 0 Å². The molecular formula is C19H35NO. The van der Waals surface area contributed by atoms with E-state index in [4.69, 9.17) is 4.74 Å². The van der Waals surface area contributed by atoms with Crippen LogP contribution >= 0.6 is 0 Å². The highest BCUT2D eigenvalue weighted by atomic mass is 16.5. The summed E-state index contributed by atoms with van der Waals surface area (Å²) in [5, 5.41) is 3.71. The SMILES string of the molecule is CC(C)NCC1CCCCC1C1CCOC2(CCCC2)C1. The first-order valence-electron chi connectivity index (χ1n) is 9.56. The van der Waals surface area contributed by atoms with E-state index in [0.717, 1.165) is 24.4 Å². The summed E-state index contributed by atoms with van der Waals surface area (Å²) in [6, 6.07) is 0.628. The predicted octanol–water partition coefficient (Wildman–Crippen LogP) is 4.53. The van der Waals surface area contributed by atoms with Crippen molar-refractivity contribution in [2.24, 2.45) is 17.8 Å². The maximum atomic E-state index is 6.27. The van der Waals surface area contributed by atoms with Crippen LogP contribution in [0.2, 0.25) is 0 Å². The van der Waals surface area contributed by atoms with Gasteiger partial charge in [-0.25, -0.2) is 0 Å². The summed E-state index contributed by atoms with van der Waals surface area (Å²) in [5.74, 6) is 2.82. The zero-order valence-electron chi connectivity index (χ0n) is 14.2. The van der Waals surface area contributed by atoms with Crippen molar-refractivity contribution < 1.29 is 4.74 Å². The fourth-order valence-corrected chi connectivity index (χ4v) is 5.30. The first-order valence-corrected chi connectivity index (χ1v) is 9.56. The van der Waals surface area contributed by atoms with E-state index in [0.29, 0.717) is 11.6 Å². The summed E-state index contributed by atoms with van der Waals surface area (Å²) in [5.41, 5.74) is 0.302. The quantitative estimate of drug-likeness (QED) is 0.822. The molecule has 0 aromatic heterocycles. The number of hydrogen-bond acceptors (Lipinski definition) is 2. The van der Waals surface area contributed by atoms with E-state index in [1.54, 1.807) is 0 Å². The highest BCUT2D eigenvalue weighted by Crippen LogP contribution is 2.47. The van der Waals surface area contributed by atoms with Crippen LogP contribution in [-0.4, -0.2) is 24.8 Å². The zero-order chi connectivity index (χ0) is 14.7. The third-order valence-corrected chi connectivity index (χ3v) is 6.41. The highest BCUT2D eigenvalue weighted by molar-refractivity contribution is 4.94. The third kappa shape index (κ3) is 3.82. The molecule has 3 atom stereocenters. The molecule has 1 aliphatic heterocycles. The molecule has 0 amide bonds. The summed E-state index contributed by atoms with van der Waals surface area (Å²) in [6.07, 6.45) is 14.0. The minimum absolute atomic E-state index is 0.302. The zero-order valence-corrected chi connectivity index (χ0v) is 14.2. The highest BCUT2D eigenvalue weighted by Gasteiger charge is 2.43. The molecule has 3 rings (SSSR count). The Kier molecular flexibility index (Phi) is 5.27. The molecule has 1 N–H and O–H groups in total. The van der Waals surface area contributed by atoms with Crippen LogP contribution in [-0.2, 0) is 4.74 Å². The van der Waals surface area contributed by atoms with E-state index >= 15 is 0 Å². The van der Waals surface area contributed by atoms with Gasteiger partial charge in [0.2, 0.25) is 0 Å². The molecule has 2 heteroatoms. The minimum Gasteiger partial charge on any atom is -0.375 e. The van der Waals surface area contributed by atoms with E-state index in [9.17, 15) is 0 Å². The first-order chi connectivity index (χ1) is 10.2. The van der Waals surface area contributed by atoms with Crippen molar-refractivity contribution >= 4 is 0 Å². The Balaban J connectivity index is 1.62. The molecule has 1 saturated heterocycles. The van der Waals surface area contributed by atoms with Gasteiger partial charge in [0.15, 0.2) is 0 Å². The van der Waals surface area contributed by atoms with Crippen molar-refractivity contribution in [3.63, 3.8) is 0 Å². The van der Waals surface area contributed by atoms with Crippen molar-refractivity contribution in [3.8, 4) is 0 Å². The molecule has 2 aliphatic carbocycles. The van der Waals surface area contributed by atoms with Gasteiger partial charge in [0.25, 0.3) is 0 Å². The normalized spacial score (nSPS) is 36.4. The van der Waals surface area contributed by atoms with E-state index < -0.39 is 0 Å². The van der Waals surface area contributed by atoms with Crippen LogP contribution in [0.3, 0.4) is 0 Å². The Morgan fingerprint density at radius 2 is 1.81 bits per heavy atom. The fraction of sp³-hybridized carbons (Fsp3) is 1.00. The number of hydrogen-bond donors (Lipinski definition) is 1. The Morgan fingerprint density at radius 3 is 2.57 bits per heavy atom. The Hall–Kier alpha value is -0.0800. The van der Waals surface area contributed by atoms with Gasteiger partial charge < -0.3 is 10.1 Å². The molecule has 0 aromatic rings. The summed E-state index contributed by atoms with van der Waals surface area (Å²) < 4.78 is 6.27. The molecule has 2 saturated carbocycles. The topological polar surface area (TPSA) is 21.3 Å². The number of rotatable bonds is 4. The van der Waals surface area contributed by atoms with Crippen LogP contribution in [0.25, 0.3) is 0 Å². The smallest absolute Gasteiger partial charge is 0.0685 e. The minimum atomic E-state index is 0.302. The third-order valence-electron chi connectivity index (χ3n) is 6.41.